The van der Waals surface area contributed by atoms with E-state index < -0.39 is 12.3 Å². The molecule has 4 nitrogen and oxygen atoms in total. The molecule has 104 valence electrons. The van der Waals surface area contributed by atoms with Crippen LogP contribution in [0, 0.1) is 0 Å². The van der Waals surface area contributed by atoms with Crippen molar-refractivity contribution in [3.8, 4) is 0 Å². The predicted molar refractivity (Wildman–Crippen MR) is 81.9 cm³/mol. The van der Waals surface area contributed by atoms with Crippen LogP contribution < -0.4 is 11.1 Å². The molecule has 0 aromatic heterocycles. The smallest absolute Gasteiger partial charge is 0.307 e. The summed E-state index contributed by atoms with van der Waals surface area (Å²) in [6, 6.07) is 9.15. The Morgan fingerprint density at radius 3 is 2.55 bits per heavy atom. The third-order valence-electron chi connectivity index (χ3n) is 2.51. The van der Waals surface area contributed by atoms with Crippen molar-refractivity contribution in [2.45, 2.75) is 6.37 Å². The van der Waals surface area contributed by atoms with Crippen molar-refractivity contribution < 1.29 is 12.6 Å². The number of para-hydroxylation sites is 1. The molecule has 0 heterocycles. The quantitative estimate of drug-likeness (QED) is 0.747. The summed E-state index contributed by atoms with van der Waals surface area (Å²) in [6.07, 6.45) is -2.62. The van der Waals surface area contributed by atoms with Gasteiger partial charge in [-0.15, -0.1) is 0 Å². The summed E-state index contributed by atoms with van der Waals surface area (Å²) >= 11 is 12.1. The fourth-order valence-corrected chi connectivity index (χ4v) is 2.13. The number of benzene rings is 2. The van der Waals surface area contributed by atoms with Gasteiger partial charge in [0.15, 0.2) is 0 Å². The zero-order valence-corrected chi connectivity index (χ0v) is 11.7. The average Bonchev–Trinajstić information content (AvgIpc) is 2.44. The molecule has 0 saturated heterocycles. The summed E-state index contributed by atoms with van der Waals surface area (Å²) in [5, 5.41) is 12.6. The zero-order valence-electron chi connectivity index (χ0n) is 12.2. The number of hydrogen-bond donors (Lipinski definition) is 3. The van der Waals surface area contributed by atoms with Crippen molar-refractivity contribution in [2.24, 2.45) is 0 Å². The molecule has 2 rings (SSSR count). The van der Waals surface area contributed by atoms with E-state index in [1.165, 1.54) is 18.2 Å². The van der Waals surface area contributed by atoms with Gasteiger partial charge >= 0.3 is 5.97 Å². The van der Waals surface area contributed by atoms with Crippen LogP contribution in [0.5, 0.6) is 0 Å². The molecule has 0 aliphatic rings. The lowest BCUT2D eigenvalue weighted by atomic mass is 10.1. The maximum Gasteiger partial charge on any atom is 0.307 e. The minimum atomic E-state index is -2.62. The van der Waals surface area contributed by atoms with Gasteiger partial charge in [0.1, 0.15) is 0 Å². The van der Waals surface area contributed by atoms with E-state index in [1.54, 1.807) is 18.2 Å². The van der Waals surface area contributed by atoms with Gasteiger partial charge in [0.25, 0.3) is 0 Å². The van der Waals surface area contributed by atoms with Crippen molar-refractivity contribution in [1.29, 1.82) is 0 Å². The molecule has 0 fully saturated rings. The van der Waals surface area contributed by atoms with Crippen LogP contribution in [0.3, 0.4) is 0 Å². The van der Waals surface area contributed by atoms with Gasteiger partial charge in [-0.05, 0) is 35.9 Å². The zero-order chi connectivity index (χ0) is 16.5. The Morgan fingerprint density at radius 2 is 1.95 bits per heavy atom. The highest BCUT2D eigenvalue weighted by atomic mass is 35.5. The molecule has 0 saturated carbocycles. The second-order valence-electron chi connectivity index (χ2n) is 3.96. The number of halogens is 2. The number of anilines is 3. The second-order valence-corrected chi connectivity index (χ2v) is 4.77. The van der Waals surface area contributed by atoms with Gasteiger partial charge < -0.3 is 16.2 Å². The average molecular weight is 313 g/mol. The first-order valence-electron chi connectivity index (χ1n) is 6.58. The predicted octanol–water partition coefficient (Wildman–Crippen LogP) is 3.95. The Morgan fingerprint density at radius 1 is 1.30 bits per heavy atom. The van der Waals surface area contributed by atoms with Gasteiger partial charge in [0.05, 0.1) is 22.1 Å². The molecule has 0 radical (unpaired) electrons. The van der Waals surface area contributed by atoms with Crippen molar-refractivity contribution >= 4 is 46.2 Å². The lowest BCUT2D eigenvalue weighted by Gasteiger charge is -2.14. The minimum absolute atomic E-state index is 0.115. The summed E-state index contributed by atoms with van der Waals surface area (Å²) < 4.78 is 15.5. The van der Waals surface area contributed by atoms with Crippen LogP contribution in [0.15, 0.2) is 36.4 Å². The normalized spacial score (nSPS) is 12.5. The Hall–Kier alpha value is -1.91. The number of hydrogen-bond acceptors (Lipinski definition) is 3. The van der Waals surface area contributed by atoms with Crippen LogP contribution in [-0.4, -0.2) is 11.1 Å². The molecule has 4 N–H and O–H groups in total. The highest BCUT2D eigenvalue weighted by Gasteiger charge is 2.11. The molecule has 0 atom stereocenters. The number of nitrogens with two attached hydrogens (primary N) is 1. The van der Waals surface area contributed by atoms with Crippen LogP contribution in [0.4, 0.5) is 17.1 Å². The Bertz CT molecular complexity index is 719. The van der Waals surface area contributed by atoms with E-state index in [4.69, 9.17) is 36.8 Å². The highest BCUT2D eigenvalue weighted by molar-refractivity contribution is 6.39. The first kappa shape index (κ1) is 11.9. The third kappa shape index (κ3) is 3.35. The number of carboxylic acids is 1. The molecule has 0 amide bonds. The highest BCUT2D eigenvalue weighted by Crippen LogP contribution is 2.34. The Labute approximate surface area is 128 Å². The summed E-state index contributed by atoms with van der Waals surface area (Å²) in [4.78, 5) is 11.2. The standard InChI is InChI=1S/C14H12Cl2N2O2/c15-10-2-1-3-11(16)14(10)18-12-5-4-9(17)6-8(12)7-13(19)20/h1-6,18H,7,17H2,(H,19,20)/i7D2. The number of rotatable bonds is 4. The molecular formula is C14H12Cl2N2O2. The van der Waals surface area contributed by atoms with E-state index in [0.29, 0.717) is 15.7 Å². The molecule has 0 unspecified atom stereocenters. The number of carboxylic acid groups (broad SMARTS) is 1. The van der Waals surface area contributed by atoms with Crippen LogP contribution in [0.1, 0.15) is 8.30 Å². The minimum Gasteiger partial charge on any atom is -0.481 e. The summed E-state index contributed by atoms with van der Waals surface area (Å²) in [6.45, 7) is 0. The topological polar surface area (TPSA) is 75.3 Å². The molecule has 0 spiro atoms. The third-order valence-corrected chi connectivity index (χ3v) is 3.14. The van der Waals surface area contributed by atoms with Gasteiger partial charge in [-0.25, -0.2) is 0 Å². The van der Waals surface area contributed by atoms with E-state index in [1.807, 2.05) is 0 Å². The second kappa shape index (κ2) is 6.03. The Kier molecular flexibility index (Phi) is 3.58. The summed E-state index contributed by atoms with van der Waals surface area (Å²) in [5.41, 5.74) is 6.35. The molecule has 2 aromatic rings. The van der Waals surface area contributed by atoms with Gasteiger partial charge in [-0.3, -0.25) is 4.79 Å². The maximum atomic E-state index is 11.2. The molecule has 6 heteroatoms. The van der Waals surface area contributed by atoms with Crippen molar-refractivity contribution in [3.05, 3.63) is 52.0 Å². The lowest BCUT2D eigenvalue weighted by molar-refractivity contribution is -0.136. The summed E-state index contributed by atoms with van der Waals surface area (Å²) in [5.74, 6) is -1.62. The first-order chi connectivity index (χ1) is 10.2. The Balaban J connectivity index is 2.55. The van der Waals surface area contributed by atoms with E-state index in [-0.39, 0.29) is 16.9 Å². The maximum absolute atomic E-state index is 11.2. The SMILES string of the molecule is [2H]C([2H])(C(=O)O)c1cc(N)ccc1Nc1c(Cl)cccc1Cl. The van der Waals surface area contributed by atoms with Crippen molar-refractivity contribution in [2.75, 3.05) is 11.1 Å². The first-order valence-corrected chi connectivity index (χ1v) is 6.33. The van der Waals surface area contributed by atoms with Crippen molar-refractivity contribution in [3.63, 3.8) is 0 Å². The fourth-order valence-electron chi connectivity index (χ4n) is 1.64. The van der Waals surface area contributed by atoms with E-state index in [9.17, 15) is 4.79 Å². The lowest BCUT2D eigenvalue weighted by Crippen LogP contribution is -2.05. The number of carbonyl (C=O) groups is 1. The summed E-state index contributed by atoms with van der Waals surface area (Å²) in [7, 11) is 0. The molecular weight excluding hydrogens is 299 g/mol. The van der Waals surface area contributed by atoms with E-state index >= 15 is 0 Å². The van der Waals surface area contributed by atoms with Gasteiger partial charge in [0.2, 0.25) is 0 Å². The number of nitrogens with one attached hydrogen (secondary N) is 1. The fraction of sp³-hybridized carbons (Fsp3) is 0.0714. The van der Waals surface area contributed by atoms with E-state index in [2.05, 4.69) is 5.32 Å². The number of nitrogen functional groups attached to an aromatic ring is 1. The largest absolute Gasteiger partial charge is 0.481 e. The van der Waals surface area contributed by atoms with Crippen LogP contribution >= 0.6 is 23.2 Å². The molecule has 0 bridgehead atoms. The molecule has 0 aliphatic carbocycles. The monoisotopic (exact) mass is 312 g/mol. The van der Waals surface area contributed by atoms with Crippen molar-refractivity contribution in [1.82, 2.24) is 0 Å². The van der Waals surface area contributed by atoms with Crippen LogP contribution in [0.25, 0.3) is 0 Å². The van der Waals surface area contributed by atoms with Gasteiger partial charge in [-0.2, -0.15) is 0 Å². The van der Waals surface area contributed by atoms with Gasteiger partial charge in [-0.1, -0.05) is 29.3 Å². The number of aliphatic carboxylic acids is 1. The van der Waals surface area contributed by atoms with E-state index in [0.717, 1.165) is 0 Å². The van der Waals surface area contributed by atoms with Crippen LogP contribution in [-0.2, 0) is 11.2 Å². The molecule has 2 aromatic carbocycles. The van der Waals surface area contributed by atoms with Gasteiger partial charge in [0, 0.05) is 14.1 Å². The molecule has 0 aliphatic heterocycles. The molecule has 20 heavy (non-hydrogen) atoms. The van der Waals surface area contributed by atoms with Crippen LogP contribution in [0.2, 0.25) is 10.0 Å².